The maximum absolute atomic E-state index is 5.50. The molecule has 0 radical (unpaired) electrons. The van der Waals surface area contributed by atoms with E-state index >= 15 is 0 Å². The smallest absolute Gasteiger partial charge is 0.172 e. The first kappa shape index (κ1) is 14.4. The summed E-state index contributed by atoms with van der Waals surface area (Å²) < 4.78 is 6.51. The summed E-state index contributed by atoms with van der Waals surface area (Å²) in [5.41, 5.74) is 3.05. The van der Waals surface area contributed by atoms with Crippen LogP contribution >= 0.6 is 27.7 Å². The standard InChI is InChI=1S/C15H14BrN3OS/c1-3-20-10-4-5-12-13(7-10)19-15(18-12)21-14-6-9(2)11(16)8-17-14/h4-8H,3H2,1-2H3,(H,18,19). The first-order valence-corrected chi connectivity index (χ1v) is 8.19. The summed E-state index contributed by atoms with van der Waals surface area (Å²) in [6, 6.07) is 7.90. The van der Waals surface area contributed by atoms with Gasteiger partial charge >= 0.3 is 0 Å². The number of benzene rings is 1. The van der Waals surface area contributed by atoms with E-state index in [4.69, 9.17) is 4.74 Å². The number of aromatic amines is 1. The lowest BCUT2D eigenvalue weighted by molar-refractivity contribution is 0.340. The molecule has 0 aliphatic heterocycles. The molecule has 2 aromatic heterocycles. The zero-order chi connectivity index (χ0) is 14.8. The molecule has 6 heteroatoms. The monoisotopic (exact) mass is 363 g/mol. The van der Waals surface area contributed by atoms with Gasteiger partial charge in [0.1, 0.15) is 10.8 Å². The molecule has 0 bridgehead atoms. The van der Waals surface area contributed by atoms with Crippen LogP contribution in [-0.4, -0.2) is 21.6 Å². The van der Waals surface area contributed by atoms with E-state index in [1.165, 1.54) is 11.8 Å². The highest BCUT2D eigenvalue weighted by atomic mass is 79.9. The van der Waals surface area contributed by atoms with Crippen LogP contribution in [-0.2, 0) is 0 Å². The van der Waals surface area contributed by atoms with Gasteiger partial charge in [-0.2, -0.15) is 0 Å². The topological polar surface area (TPSA) is 50.8 Å². The minimum Gasteiger partial charge on any atom is -0.494 e. The fourth-order valence-electron chi connectivity index (χ4n) is 1.94. The molecule has 0 saturated carbocycles. The van der Waals surface area contributed by atoms with Gasteiger partial charge < -0.3 is 9.72 Å². The second kappa shape index (κ2) is 6.07. The molecule has 3 aromatic rings. The minimum atomic E-state index is 0.656. The third-order valence-corrected chi connectivity index (χ3v) is 4.61. The number of imidazole rings is 1. The zero-order valence-electron chi connectivity index (χ0n) is 11.7. The number of aromatic nitrogens is 3. The van der Waals surface area contributed by atoms with E-state index in [0.717, 1.165) is 37.0 Å². The molecule has 0 aliphatic carbocycles. The largest absolute Gasteiger partial charge is 0.494 e. The van der Waals surface area contributed by atoms with Gasteiger partial charge in [-0.3, -0.25) is 0 Å². The summed E-state index contributed by atoms with van der Waals surface area (Å²) in [5, 5.41) is 1.74. The molecule has 3 rings (SSSR count). The summed E-state index contributed by atoms with van der Waals surface area (Å²) in [7, 11) is 0. The van der Waals surface area contributed by atoms with Gasteiger partial charge in [0.05, 0.1) is 17.6 Å². The van der Waals surface area contributed by atoms with Crippen LogP contribution in [0.4, 0.5) is 0 Å². The Morgan fingerprint density at radius 3 is 2.95 bits per heavy atom. The second-order valence-corrected chi connectivity index (χ2v) is 6.39. The van der Waals surface area contributed by atoms with E-state index in [1.807, 2.05) is 44.3 Å². The maximum atomic E-state index is 5.50. The maximum Gasteiger partial charge on any atom is 0.172 e. The fourth-order valence-corrected chi connectivity index (χ4v) is 3.00. The Morgan fingerprint density at radius 2 is 2.19 bits per heavy atom. The summed E-state index contributed by atoms with van der Waals surface area (Å²) >= 11 is 4.97. The van der Waals surface area contributed by atoms with Crippen molar-refractivity contribution in [3.8, 4) is 5.75 Å². The third kappa shape index (κ3) is 3.22. The number of fused-ring (bicyclic) bond motifs is 1. The van der Waals surface area contributed by atoms with Gasteiger partial charge in [0.2, 0.25) is 0 Å². The lowest BCUT2D eigenvalue weighted by Crippen LogP contribution is -1.90. The van der Waals surface area contributed by atoms with Crippen molar-refractivity contribution in [3.63, 3.8) is 0 Å². The highest BCUT2D eigenvalue weighted by molar-refractivity contribution is 9.10. The average molecular weight is 364 g/mol. The number of ether oxygens (including phenoxy) is 1. The van der Waals surface area contributed by atoms with Crippen LogP contribution in [0.2, 0.25) is 0 Å². The second-order valence-electron chi connectivity index (χ2n) is 4.53. The van der Waals surface area contributed by atoms with E-state index in [0.29, 0.717) is 6.61 Å². The van der Waals surface area contributed by atoms with Crippen molar-refractivity contribution in [1.82, 2.24) is 15.0 Å². The van der Waals surface area contributed by atoms with Crippen molar-refractivity contribution < 1.29 is 4.74 Å². The zero-order valence-corrected chi connectivity index (χ0v) is 14.1. The highest BCUT2D eigenvalue weighted by Crippen LogP contribution is 2.29. The van der Waals surface area contributed by atoms with Crippen LogP contribution in [0.3, 0.4) is 0 Å². The number of H-pyrrole nitrogens is 1. The molecule has 4 nitrogen and oxygen atoms in total. The van der Waals surface area contributed by atoms with Crippen molar-refractivity contribution in [2.24, 2.45) is 0 Å². The summed E-state index contributed by atoms with van der Waals surface area (Å²) in [4.78, 5) is 12.2. The predicted molar refractivity (Wildman–Crippen MR) is 88.1 cm³/mol. The molecule has 0 fully saturated rings. The lowest BCUT2D eigenvalue weighted by Gasteiger charge is -2.01. The van der Waals surface area contributed by atoms with E-state index in [1.54, 1.807) is 0 Å². The number of hydrogen-bond donors (Lipinski definition) is 1. The Kier molecular flexibility index (Phi) is 4.17. The molecule has 0 unspecified atom stereocenters. The number of hydrogen-bond acceptors (Lipinski definition) is 4. The molecule has 108 valence electrons. The van der Waals surface area contributed by atoms with Gasteiger partial charge in [-0.15, -0.1) is 0 Å². The molecule has 21 heavy (non-hydrogen) atoms. The fraction of sp³-hybridized carbons (Fsp3) is 0.200. The van der Waals surface area contributed by atoms with Gasteiger partial charge in [0.25, 0.3) is 0 Å². The summed E-state index contributed by atoms with van der Waals surface area (Å²) in [6.07, 6.45) is 1.81. The molecule has 0 spiro atoms. The number of nitrogens with zero attached hydrogens (tertiary/aromatic N) is 2. The molecule has 1 aromatic carbocycles. The van der Waals surface area contributed by atoms with E-state index in [-0.39, 0.29) is 0 Å². The van der Waals surface area contributed by atoms with Crippen molar-refractivity contribution in [3.05, 3.63) is 40.5 Å². The van der Waals surface area contributed by atoms with Gasteiger partial charge in [0, 0.05) is 16.7 Å². The van der Waals surface area contributed by atoms with Gasteiger partial charge in [-0.25, -0.2) is 9.97 Å². The van der Waals surface area contributed by atoms with Gasteiger partial charge in [-0.05, 0) is 65.3 Å². The van der Waals surface area contributed by atoms with E-state index in [2.05, 4.69) is 30.9 Å². The Balaban J connectivity index is 1.88. The van der Waals surface area contributed by atoms with E-state index < -0.39 is 0 Å². The first-order chi connectivity index (χ1) is 10.2. The Labute approximate surface area is 135 Å². The number of rotatable bonds is 4. The molecule has 0 amide bonds. The lowest BCUT2D eigenvalue weighted by atomic mass is 10.3. The summed E-state index contributed by atoms with van der Waals surface area (Å²) in [5.74, 6) is 0.850. The van der Waals surface area contributed by atoms with E-state index in [9.17, 15) is 0 Å². The van der Waals surface area contributed by atoms with Crippen LogP contribution in [0.25, 0.3) is 11.0 Å². The number of aryl methyl sites for hydroxylation is 1. The highest BCUT2D eigenvalue weighted by Gasteiger charge is 2.07. The molecular weight excluding hydrogens is 350 g/mol. The van der Waals surface area contributed by atoms with Crippen LogP contribution in [0.15, 0.2) is 45.1 Å². The van der Waals surface area contributed by atoms with Crippen LogP contribution in [0, 0.1) is 6.92 Å². The Morgan fingerprint density at radius 1 is 1.33 bits per heavy atom. The van der Waals surface area contributed by atoms with Gasteiger partial charge in [-0.1, -0.05) is 0 Å². The normalized spacial score (nSPS) is 11.0. The van der Waals surface area contributed by atoms with Crippen molar-refractivity contribution in [1.29, 1.82) is 0 Å². The quantitative estimate of drug-likeness (QED) is 0.736. The SMILES string of the molecule is CCOc1ccc2nc(Sc3cc(C)c(Br)cn3)[nH]c2c1. The molecule has 1 N–H and O–H groups in total. The number of pyridine rings is 1. The molecule has 0 atom stereocenters. The molecule has 0 aliphatic rings. The molecule has 2 heterocycles. The predicted octanol–water partition coefficient (Wildman–Crippen LogP) is 4.58. The molecule has 0 saturated heterocycles. The average Bonchev–Trinajstić information content (AvgIpc) is 2.85. The molecular formula is C15H14BrN3OS. The Bertz CT molecular complexity index is 788. The van der Waals surface area contributed by atoms with Crippen LogP contribution < -0.4 is 4.74 Å². The van der Waals surface area contributed by atoms with Crippen molar-refractivity contribution in [2.45, 2.75) is 24.0 Å². The van der Waals surface area contributed by atoms with Crippen molar-refractivity contribution >= 4 is 38.7 Å². The van der Waals surface area contributed by atoms with Crippen molar-refractivity contribution in [2.75, 3.05) is 6.61 Å². The minimum absolute atomic E-state index is 0.656. The van der Waals surface area contributed by atoms with Gasteiger partial charge in [0.15, 0.2) is 5.16 Å². The summed E-state index contributed by atoms with van der Waals surface area (Å²) in [6.45, 7) is 4.67. The number of nitrogens with one attached hydrogen (secondary N) is 1. The van der Waals surface area contributed by atoms with Crippen LogP contribution in [0.5, 0.6) is 5.75 Å². The first-order valence-electron chi connectivity index (χ1n) is 6.58. The Hall–Kier alpha value is -1.53. The van der Waals surface area contributed by atoms with Crippen LogP contribution in [0.1, 0.15) is 12.5 Å². The number of halogens is 1. The third-order valence-electron chi connectivity index (χ3n) is 2.97.